The number of aliphatic hydroxyl groups is 1. The van der Waals surface area contributed by atoms with E-state index in [2.05, 4.69) is 9.71 Å². The third-order valence-corrected chi connectivity index (χ3v) is 7.56. The third-order valence-electron chi connectivity index (χ3n) is 5.86. The molecule has 4 N–H and O–H groups in total. The van der Waals surface area contributed by atoms with Gasteiger partial charge in [0.15, 0.2) is 5.13 Å². The molecule has 2 aromatic carbocycles. The Labute approximate surface area is 203 Å². The first-order chi connectivity index (χ1) is 16.0. The molecule has 1 amide bonds. The molecule has 1 aliphatic rings. The van der Waals surface area contributed by atoms with Crippen LogP contribution in [-0.2, 0) is 0 Å². The van der Waals surface area contributed by atoms with E-state index in [0.29, 0.717) is 38.9 Å². The number of anilines is 2. The fourth-order valence-electron chi connectivity index (χ4n) is 3.87. The van der Waals surface area contributed by atoms with Gasteiger partial charge in [-0.2, -0.15) is 0 Å². The van der Waals surface area contributed by atoms with Gasteiger partial charge in [0.05, 0.1) is 20.7 Å². The molecule has 11 heteroatoms. The number of hydrogen-bond donors (Lipinski definition) is 3. The highest BCUT2D eigenvalue weighted by Crippen LogP contribution is 2.34. The number of benzene rings is 2. The lowest BCUT2D eigenvalue weighted by Crippen LogP contribution is -2.47. The van der Waals surface area contributed by atoms with Crippen LogP contribution < -0.4 is 10.5 Å². The number of hydrogen-bond acceptors (Lipinski definition) is 7. The van der Waals surface area contributed by atoms with E-state index in [4.69, 9.17) is 5.73 Å². The highest BCUT2D eigenvalue weighted by Gasteiger charge is 2.36. The minimum atomic E-state index is -2.81. The molecule has 0 radical (unpaired) electrons. The molecule has 1 aromatic heterocycles. The van der Waals surface area contributed by atoms with Gasteiger partial charge < -0.3 is 20.5 Å². The van der Waals surface area contributed by atoms with Crippen LogP contribution in [0.5, 0.6) is 0 Å². The van der Waals surface area contributed by atoms with Crippen molar-refractivity contribution in [3.63, 3.8) is 0 Å². The van der Waals surface area contributed by atoms with Crippen LogP contribution in [0.25, 0.3) is 10.2 Å². The maximum absolute atomic E-state index is 13.9. The molecule has 2 heterocycles. The predicted octanol–water partition coefficient (Wildman–Crippen LogP) is 5.54. The summed E-state index contributed by atoms with van der Waals surface area (Å²) in [5.41, 5.74) is 6.42. The first kappa shape index (κ1) is 24.6. The summed E-state index contributed by atoms with van der Waals surface area (Å²) in [5.74, 6) is -3.37. The first-order valence-corrected chi connectivity index (χ1v) is 12.4. The number of carbonyl (C=O) groups is 1. The standard InChI is InChI=1S/C23H25F3N4O2S2/c1-22(25,26)6-7-23(32)8-10-30(11-9-23)20(31)14-2-4-16(5-3-14)29-34-18-13-15(24)12-17-19(18)28-21(27)33-17/h2-5,12-13,29,32H,6-11H2,1H3,(H2,27,28). The van der Waals surface area contributed by atoms with Crippen molar-refractivity contribution < 1.29 is 23.1 Å². The van der Waals surface area contributed by atoms with Crippen LogP contribution in [-0.4, -0.2) is 45.5 Å². The topological polar surface area (TPSA) is 91.5 Å². The van der Waals surface area contributed by atoms with E-state index in [1.165, 1.54) is 35.4 Å². The average Bonchev–Trinajstić information content (AvgIpc) is 3.16. The Balaban J connectivity index is 1.34. The number of thiazole rings is 1. The molecule has 4 rings (SSSR count). The molecule has 0 spiro atoms. The Hall–Kier alpha value is -2.50. The summed E-state index contributed by atoms with van der Waals surface area (Å²) in [6.07, 6.45) is 0.186. The monoisotopic (exact) mass is 510 g/mol. The Kier molecular flexibility index (Phi) is 6.97. The lowest BCUT2D eigenvalue weighted by atomic mass is 9.86. The van der Waals surface area contributed by atoms with E-state index >= 15 is 0 Å². The van der Waals surface area contributed by atoms with Gasteiger partial charge in [-0.05, 0) is 74.5 Å². The quantitative estimate of drug-likeness (QED) is 0.362. The third kappa shape index (κ3) is 5.94. The second-order valence-corrected chi connectivity index (χ2v) is 10.6. The zero-order valence-electron chi connectivity index (χ0n) is 18.5. The lowest BCUT2D eigenvalue weighted by Gasteiger charge is -2.38. The number of amides is 1. The van der Waals surface area contributed by atoms with Crippen molar-refractivity contribution in [2.45, 2.75) is 49.0 Å². The Morgan fingerprint density at radius 1 is 1.29 bits per heavy atom. The zero-order chi connectivity index (χ0) is 24.5. The van der Waals surface area contributed by atoms with E-state index in [0.717, 1.165) is 12.6 Å². The van der Waals surface area contributed by atoms with Gasteiger partial charge in [0.1, 0.15) is 5.82 Å². The van der Waals surface area contributed by atoms with Gasteiger partial charge in [-0.15, -0.1) is 0 Å². The van der Waals surface area contributed by atoms with E-state index in [-0.39, 0.29) is 37.4 Å². The van der Waals surface area contributed by atoms with Crippen LogP contribution in [0.3, 0.4) is 0 Å². The number of rotatable bonds is 7. The maximum atomic E-state index is 13.9. The van der Waals surface area contributed by atoms with E-state index in [1.807, 2.05) is 0 Å². The van der Waals surface area contributed by atoms with Crippen molar-refractivity contribution in [1.82, 2.24) is 9.88 Å². The van der Waals surface area contributed by atoms with Crippen molar-refractivity contribution in [2.75, 3.05) is 23.5 Å². The summed E-state index contributed by atoms with van der Waals surface area (Å²) in [6, 6.07) is 9.65. The number of aromatic nitrogens is 1. The van der Waals surface area contributed by atoms with Crippen molar-refractivity contribution in [3.8, 4) is 0 Å². The van der Waals surface area contributed by atoms with Gasteiger partial charge >= 0.3 is 0 Å². The minimum absolute atomic E-state index is 0.0156. The van der Waals surface area contributed by atoms with E-state index in [9.17, 15) is 23.1 Å². The molecule has 6 nitrogen and oxygen atoms in total. The number of carbonyl (C=O) groups excluding carboxylic acids is 1. The molecular weight excluding hydrogens is 485 g/mol. The highest BCUT2D eigenvalue weighted by atomic mass is 32.2. The largest absolute Gasteiger partial charge is 0.390 e. The van der Waals surface area contributed by atoms with Gasteiger partial charge in [-0.1, -0.05) is 11.3 Å². The Bertz CT molecular complexity index is 1170. The predicted molar refractivity (Wildman–Crippen MR) is 130 cm³/mol. The number of likely N-dealkylation sites (tertiary alicyclic amines) is 1. The van der Waals surface area contributed by atoms with Crippen molar-refractivity contribution in [3.05, 3.63) is 47.8 Å². The SMILES string of the molecule is CC(F)(F)CCC1(O)CCN(C(=O)c2ccc(NSc3cc(F)cc4sc(N)nc34)cc2)CC1. The van der Waals surface area contributed by atoms with Gasteiger partial charge in [0.2, 0.25) is 5.92 Å². The van der Waals surface area contributed by atoms with Gasteiger partial charge in [-0.3, -0.25) is 4.79 Å². The fraction of sp³-hybridized carbons (Fsp3) is 0.391. The summed E-state index contributed by atoms with van der Waals surface area (Å²) in [4.78, 5) is 19.3. The van der Waals surface area contributed by atoms with E-state index in [1.54, 1.807) is 29.2 Å². The number of alkyl halides is 2. The second kappa shape index (κ2) is 9.63. The lowest BCUT2D eigenvalue weighted by molar-refractivity contribution is -0.0570. The molecular formula is C23H25F3N4O2S2. The number of nitrogen functional groups attached to an aromatic ring is 1. The van der Waals surface area contributed by atoms with Crippen molar-refractivity contribution in [1.29, 1.82) is 0 Å². The number of halogens is 3. The maximum Gasteiger partial charge on any atom is 0.253 e. The number of nitrogens with one attached hydrogen (secondary N) is 1. The molecule has 3 aromatic rings. The van der Waals surface area contributed by atoms with Crippen LogP contribution >= 0.6 is 23.3 Å². The van der Waals surface area contributed by atoms with Crippen LogP contribution in [0.1, 0.15) is 43.0 Å². The smallest absolute Gasteiger partial charge is 0.253 e. The molecule has 182 valence electrons. The van der Waals surface area contributed by atoms with Crippen LogP contribution in [0.4, 0.5) is 24.0 Å². The molecule has 1 aliphatic heterocycles. The summed E-state index contributed by atoms with van der Waals surface area (Å²) >= 11 is 2.42. The highest BCUT2D eigenvalue weighted by molar-refractivity contribution is 8.00. The Morgan fingerprint density at radius 2 is 1.97 bits per heavy atom. The number of fused-ring (bicyclic) bond motifs is 1. The molecule has 34 heavy (non-hydrogen) atoms. The Morgan fingerprint density at radius 3 is 2.62 bits per heavy atom. The molecule has 0 bridgehead atoms. The molecule has 0 atom stereocenters. The van der Waals surface area contributed by atoms with Crippen LogP contribution in [0.2, 0.25) is 0 Å². The van der Waals surface area contributed by atoms with E-state index < -0.39 is 11.5 Å². The first-order valence-electron chi connectivity index (χ1n) is 10.8. The fourth-order valence-corrected chi connectivity index (χ4v) is 5.51. The molecule has 0 unspecified atom stereocenters. The summed E-state index contributed by atoms with van der Waals surface area (Å²) in [7, 11) is 0. The summed E-state index contributed by atoms with van der Waals surface area (Å²) in [6.45, 7) is 1.47. The summed E-state index contributed by atoms with van der Waals surface area (Å²) < 4.78 is 44.0. The average molecular weight is 511 g/mol. The zero-order valence-corrected chi connectivity index (χ0v) is 20.1. The normalized spacial score (nSPS) is 16.1. The molecule has 0 saturated carbocycles. The number of piperidine rings is 1. The van der Waals surface area contributed by atoms with Crippen molar-refractivity contribution >= 4 is 50.2 Å². The van der Waals surface area contributed by atoms with Crippen molar-refractivity contribution in [2.24, 2.45) is 0 Å². The van der Waals surface area contributed by atoms with Crippen LogP contribution in [0.15, 0.2) is 41.3 Å². The van der Waals surface area contributed by atoms with Gasteiger partial charge in [0, 0.05) is 30.8 Å². The van der Waals surface area contributed by atoms with Gasteiger partial charge in [0.25, 0.3) is 5.91 Å². The molecule has 1 fully saturated rings. The number of nitrogens with zero attached hydrogens (tertiary/aromatic N) is 2. The minimum Gasteiger partial charge on any atom is -0.390 e. The molecule has 0 aliphatic carbocycles. The number of nitrogens with two attached hydrogens (primary N) is 1. The van der Waals surface area contributed by atoms with Crippen LogP contribution in [0, 0.1) is 5.82 Å². The summed E-state index contributed by atoms with van der Waals surface area (Å²) in [5, 5.41) is 10.9. The second-order valence-electron chi connectivity index (χ2n) is 8.67. The van der Waals surface area contributed by atoms with Gasteiger partial charge in [-0.25, -0.2) is 18.2 Å². The molecule has 1 saturated heterocycles.